The Kier molecular flexibility index (Phi) is 6.03. The van der Waals surface area contributed by atoms with Gasteiger partial charge in [0.15, 0.2) is 6.10 Å². The lowest BCUT2D eigenvalue weighted by molar-refractivity contribution is 0.0437. The van der Waals surface area contributed by atoms with Crippen molar-refractivity contribution in [3.63, 3.8) is 0 Å². The van der Waals surface area contributed by atoms with Crippen LogP contribution in [0.15, 0.2) is 23.0 Å². The van der Waals surface area contributed by atoms with Gasteiger partial charge in [-0.15, -0.1) is 0 Å². The molecule has 1 heterocycles. The SMILES string of the molecule is CCN(CC)CC#CC(C)OC(=O)c1ccoc1. The molecule has 0 saturated heterocycles. The van der Waals surface area contributed by atoms with Crippen LogP contribution < -0.4 is 0 Å². The zero-order valence-corrected chi connectivity index (χ0v) is 11.1. The van der Waals surface area contributed by atoms with Crippen LogP contribution in [0.5, 0.6) is 0 Å². The highest BCUT2D eigenvalue weighted by Crippen LogP contribution is 2.04. The van der Waals surface area contributed by atoms with Gasteiger partial charge in [-0.3, -0.25) is 4.90 Å². The topological polar surface area (TPSA) is 42.7 Å². The van der Waals surface area contributed by atoms with E-state index in [0.717, 1.165) is 13.1 Å². The van der Waals surface area contributed by atoms with Crippen molar-refractivity contribution in [3.8, 4) is 11.8 Å². The van der Waals surface area contributed by atoms with E-state index in [4.69, 9.17) is 9.15 Å². The Bertz CT molecular complexity index is 410. The maximum atomic E-state index is 11.6. The second-order valence-corrected chi connectivity index (χ2v) is 3.84. The molecular weight excluding hydrogens is 230 g/mol. The lowest BCUT2D eigenvalue weighted by atomic mass is 10.3. The third kappa shape index (κ3) is 4.64. The van der Waals surface area contributed by atoms with Gasteiger partial charge in [0.25, 0.3) is 0 Å². The molecule has 4 nitrogen and oxygen atoms in total. The molecule has 0 aliphatic carbocycles. The number of nitrogens with zero attached hydrogens (tertiary/aromatic N) is 1. The molecule has 4 heteroatoms. The summed E-state index contributed by atoms with van der Waals surface area (Å²) in [4.78, 5) is 13.8. The van der Waals surface area contributed by atoms with Crippen molar-refractivity contribution in [1.82, 2.24) is 4.90 Å². The summed E-state index contributed by atoms with van der Waals surface area (Å²) in [7, 11) is 0. The quantitative estimate of drug-likeness (QED) is 0.592. The molecule has 1 unspecified atom stereocenters. The Hall–Kier alpha value is -1.73. The lowest BCUT2D eigenvalue weighted by Gasteiger charge is -2.13. The van der Waals surface area contributed by atoms with E-state index in [1.54, 1.807) is 13.0 Å². The summed E-state index contributed by atoms with van der Waals surface area (Å²) in [6, 6.07) is 1.57. The van der Waals surface area contributed by atoms with Crippen molar-refractivity contribution >= 4 is 5.97 Å². The maximum Gasteiger partial charge on any atom is 0.342 e. The molecule has 0 aliphatic rings. The van der Waals surface area contributed by atoms with Crippen LogP contribution >= 0.6 is 0 Å². The number of hydrogen-bond donors (Lipinski definition) is 0. The van der Waals surface area contributed by atoms with Crippen molar-refractivity contribution in [2.24, 2.45) is 0 Å². The highest BCUT2D eigenvalue weighted by atomic mass is 16.5. The number of carbonyl (C=O) groups excluding carboxylic acids is 1. The molecule has 18 heavy (non-hydrogen) atoms. The monoisotopic (exact) mass is 249 g/mol. The van der Waals surface area contributed by atoms with E-state index < -0.39 is 12.1 Å². The Labute approximate surface area is 108 Å². The second kappa shape index (κ2) is 7.57. The molecule has 0 N–H and O–H groups in total. The molecule has 0 aliphatic heterocycles. The Morgan fingerprint density at radius 3 is 2.78 bits per heavy atom. The first-order chi connectivity index (χ1) is 8.67. The molecule has 98 valence electrons. The smallest absolute Gasteiger partial charge is 0.342 e. The Morgan fingerprint density at radius 1 is 1.50 bits per heavy atom. The molecule has 0 fully saturated rings. The van der Waals surface area contributed by atoms with E-state index in [-0.39, 0.29) is 0 Å². The van der Waals surface area contributed by atoms with Crippen LogP contribution in [0.3, 0.4) is 0 Å². The minimum Gasteiger partial charge on any atom is -0.472 e. The minimum absolute atomic E-state index is 0.409. The van der Waals surface area contributed by atoms with Crippen LogP contribution in [0, 0.1) is 11.8 Å². The van der Waals surface area contributed by atoms with Gasteiger partial charge in [0.1, 0.15) is 6.26 Å². The van der Waals surface area contributed by atoms with E-state index in [1.165, 1.54) is 12.5 Å². The van der Waals surface area contributed by atoms with E-state index in [1.807, 2.05) is 0 Å². The molecule has 1 aromatic heterocycles. The number of ether oxygens (including phenoxy) is 1. The maximum absolute atomic E-state index is 11.6. The van der Waals surface area contributed by atoms with Gasteiger partial charge in [0.05, 0.1) is 18.4 Å². The van der Waals surface area contributed by atoms with Gasteiger partial charge in [-0.2, -0.15) is 0 Å². The average molecular weight is 249 g/mol. The van der Waals surface area contributed by atoms with Gasteiger partial charge in [-0.25, -0.2) is 4.79 Å². The number of hydrogen-bond acceptors (Lipinski definition) is 4. The van der Waals surface area contributed by atoms with Gasteiger partial charge < -0.3 is 9.15 Å². The fraction of sp³-hybridized carbons (Fsp3) is 0.500. The lowest BCUT2D eigenvalue weighted by Crippen LogP contribution is -2.23. The molecule has 1 aromatic rings. The average Bonchev–Trinajstić information content (AvgIpc) is 2.88. The molecule has 0 bridgehead atoms. The predicted molar refractivity (Wildman–Crippen MR) is 69.1 cm³/mol. The highest BCUT2D eigenvalue weighted by molar-refractivity contribution is 5.89. The second-order valence-electron chi connectivity index (χ2n) is 3.84. The van der Waals surface area contributed by atoms with Gasteiger partial charge in [-0.1, -0.05) is 25.7 Å². The van der Waals surface area contributed by atoms with Crippen LogP contribution in [0.4, 0.5) is 0 Å². The van der Waals surface area contributed by atoms with Crippen molar-refractivity contribution in [2.45, 2.75) is 26.9 Å². The van der Waals surface area contributed by atoms with Crippen molar-refractivity contribution in [3.05, 3.63) is 24.2 Å². The molecule has 0 saturated carbocycles. The number of esters is 1. The number of rotatable bonds is 5. The predicted octanol–water partition coefficient (Wildman–Crippen LogP) is 2.17. The van der Waals surface area contributed by atoms with Crippen LogP contribution in [-0.2, 0) is 4.74 Å². The van der Waals surface area contributed by atoms with Gasteiger partial charge in [-0.05, 0) is 26.1 Å². The van der Waals surface area contributed by atoms with Gasteiger partial charge in [0, 0.05) is 0 Å². The first-order valence-electron chi connectivity index (χ1n) is 6.11. The first-order valence-corrected chi connectivity index (χ1v) is 6.11. The third-order valence-electron chi connectivity index (χ3n) is 2.54. The Morgan fingerprint density at radius 2 is 2.22 bits per heavy atom. The van der Waals surface area contributed by atoms with Gasteiger partial charge in [0.2, 0.25) is 0 Å². The Balaban J connectivity index is 2.40. The normalized spacial score (nSPS) is 11.8. The van der Waals surface area contributed by atoms with Crippen molar-refractivity contribution in [1.29, 1.82) is 0 Å². The summed E-state index contributed by atoms with van der Waals surface area (Å²) >= 11 is 0. The standard InChI is InChI=1S/C14H19NO3/c1-4-15(5-2)9-6-7-12(3)18-14(16)13-8-10-17-11-13/h8,10-12H,4-5,9H2,1-3H3. The van der Waals surface area contributed by atoms with Crippen molar-refractivity contribution in [2.75, 3.05) is 19.6 Å². The highest BCUT2D eigenvalue weighted by Gasteiger charge is 2.10. The fourth-order valence-corrected chi connectivity index (χ4v) is 1.39. The molecule has 0 aromatic carbocycles. The minimum atomic E-state index is -0.414. The number of carbonyl (C=O) groups is 1. The molecule has 0 spiro atoms. The van der Waals surface area contributed by atoms with Gasteiger partial charge >= 0.3 is 5.97 Å². The third-order valence-corrected chi connectivity index (χ3v) is 2.54. The van der Waals surface area contributed by atoms with E-state index in [2.05, 4.69) is 30.6 Å². The van der Waals surface area contributed by atoms with Crippen LogP contribution in [0.2, 0.25) is 0 Å². The molecule has 1 rings (SSSR count). The van der Waals surface area contributed by atoms with E-state index in [9.17, 15) is 4.79 Å². The van der Waals surface area contributed by atoms with E-state index >= 15 is 0 Å². The molecule has 0 amide bonds. The van der Waals surface area contributed by atoms with Crippen molar-refractivity contribution < 1.29 is 13.9 Å². The largest absolute Gasteiger partial charge is 0.472 e. The summed E-state index contributed by atoms with van der Waals surface area (Å²) in [5.74, 6) is 5.51. The number of furan rings is 1. The first kappa shape index (κ1) is 14.3. The summed E-state index contributed by atoms with van der Waals surface area (Å²) in [6.07, 6.45) is 2.38. The molecule has 1 atom stereocenters. The zero-order chi connectivity index (χ0) is 13.4. The summed E-state index contributed by atoms with van der Waals surface area (Å²) in [5.41, 5.74) is 0.410. The van der Waals surface area contributed by atoms with E-state index in [0.29, 0.717) is 12.1 Å². The fourth-order valence-electron chi connectivity index (χ4n) is 1.39. The zero-order valence-electron chi connectivity index (χ0n) is 11.1. The molecular formula is C14H19NO3. The van der Waals surface area contributed by atoms with Crippen LogP contribution in [0.25, 0.3) is 0 Å². The van der Waals surface area contributed by atoms with Crippen LogP contribution in [0.1, 0.15) is 31.1 Å². The summed E-state index contributed by atoms with van der Waals surface area (Å²) in [6.45, 7) is 8.57. The summed E-state index contributed by atoms with van der Waals surface area (Å²) in [5, 5.41) is 0. The summed E-state index contributed by atoms with van der Waals surface area (Å²) < 4.78 is 9.97. The van der Waals surface area contributed by atoms with Crippen LogP contribution in [-0.4, -0.2) is 36.6 Å². The molecule has 0 radical (unpaired) electrons.